The molecule has 0 saturated carbocycles. The molecule has 0 fully saturated rings. The quantitative estimate of drug-likeness (QED) is 0.543. The van der Waals surface area contributed by atoms with Crippen molar-refractivity contribution in [1.29, 1.82) is 0 Å². The van der Waals surface area contributed by atoms with Crippen molar-refractivity contribution in [3.63, 3.8) is 0 Å². The van der Waals surface area contributed by atoms with Gasteiger partial charge in [-0.15, -0.1) is 0 Å². The minimum atomic E-state index is 0.791. The predicted octanol–water partition coefficient (Wildman–Crippen LogP) is 3.04. The summed E-state index contributed by atoms with van der Waals surface area (Å²) >= 11 is 0. The van der Waals surface area contributed by atoms with E-state index in [-0.39, 0.29) is 0 Å². The van der Waals surface area contributed by atoms with E-state index < -0.39 is 0 Å². The molecule has 0 aliphatic rings. The summed E-state index contributed by atoms with van der Waals surface area (Å²) in [6.45, 7) is 3.44. The van der Waals surface area contributed by atoms with Gasteiger partial charge in [-0.25, -0.2) is 0 Å². The molecule has 1 aromatic carbocycles. The third-order valence-electron chi connectivity index (χ3n) is 0.992. The summed E-state index contributed by atoms with van der Waals surface area (Å²) < 4.78 is 4.12. The molecule has 0 heterocycles. The number of benzene rings is 1. The van der Waals surface area contributed by atoms with Crippen LogP contribution in [0.2, 0.25) is 0 Å². The van der Waals surface area contributed by atoms with E-state index in [1.54, 1.807) is 0 Å². The van der Waals surface area contributed by atoms with E-state index in [1.165, 1.54) is 0 Å². The van der Waals surface area contributed by atoms with Crippen molar-refractivity contribution >= 4 is 19.1 Å². The van der Waals surface area contributed by atoms with Crippen LogP contribution in [0, 0.1) is 0 Å². The molecule has 0 spiro atoms. The summed E-state index contributed by atoms with van der Waals surface area (Å²) in [6.07, 6.45) is 0. The van der Waals surface area contributed by atoms with E-state index in [1.807, 2.05) is 30.3 Å². The Hall–Kier alpha value is -0.900. The average Bonchev–Trinajstić information content (AvgIpc) is 2.03. The van der Waals surface area contributed by atoms with E-state index in [2.05, 4.69) is 16.8 Å². The molecule has 10 heavy (non-hydrogen) atoms. The van der Waals surface area contributed by atoms with Gasteiger partial charge in [0.15, 0.2) is 0 Å². The zero-order valence-electron chi connectivity index (χ0n) is 5.49. The molecule has 0 bridgehead atoms. The molecule has 2 heteroatoms. The number of hydrogen-bond acceptors (Lipinski definition) is 1. The van der Waals surface area contributed by atoms with Crippen LogP contribution in [0.4, 0.5) is 5.69 Å². The second-order valence-corrected chi connectivity index (χ2v) is 2.41. The Balaban J connectivity index is 2.97. The van der Waals surface area contributed by atoms with Gasteiger partial charge in [-0.3, -0.25) is 0 Å². The van der Waals surface area contributed by atoms with Crippen molar-refractivity contribution < 1.29 is 0 Å². The van der Waals surface area contributed by atoms with Gasteiger partial charge < -0.3 is 0 Å². The number of nitrogens with zero attached hydrogens (tertiary/aromatic N) is 1. The van der Waals surface area contributed by atoms with Gasteiger partial charge in [-0.2, -0.15) is 0 Å². The van der Waals surface area contributed by atoms with Crippen molar-refractivity contribution in [1.82, 2.24) is 0 Å². The van der Waals surface area contributed by atoms with Crippen LogP contribution in [0.15, 0.2) is 41.7 Å². The third kappa shape index (κ3) is 2.14. The van der Waals surface area contributed by atoms with Gasteiger partial charge in [0.05, 0.1) is 0 Å². The molecule has 1 aromatic rings. The first kappa shape index (κ1) is 7.21. The SMILES string of the molecule is C=C=[P+]=Nc1ccccc1. The van der Waals surface area contributed by atoms with Crippen LogP contribution in [0.1, 0.15) is 0 Å². The van der Waals surface area contributed by atoms with E-state index >= 15 is 0 Å². The molecule has 0 N–H and O–H groups in total. The summed E-state index contributed by atoms with van der Waals surface area (Å²) in [7, 11) is 0.791. The summed E-state index contributed by atoms with van der Waals surface area (Å²) in [5.41, 5.74) is 3.64. The Morgan fingerprint density at radius 2 is 2.00 bits per heavy atom. The van der Waals surface area contributed by atoms with Gasteiger partial charge in [-0.1, -0.05) is 0 Å². The summed E-state index contributed by atoms with van der Waals surface area (Å²) in [6, 6.07) is 9.77. The van der Waals surface area contributed by atoms with Crippen molar-refractivity contribution in [3.8, 4) is 0 Å². The molecule has 0 saturated heterocycles. The third-order valence-corrected chi connectivity index (χ3v) is 1.46. The van der Waals surface area contributed by atoms with Crippen molar-refractivity contribution in [3.05, 3.63) is 36.9 Å². The van der Waals surface area contributed by atoms with Crippen molar-refractivity contribution in [2.24, 2.45) is 4.74 Å². The Kier molecular flexibility index (Phi) is 2.89. The van der Waals surface area contributed by atoms with Crippen LogP contribution in [0.25, 0.3) is 0 Å². The fourth-order valence-electron chi connectivity index (χ4n) is 0.588. The van der Waals surface area contributed by atoms with Crippen LogP contribution in [0.3, 0.4) is 0 Å². The molecule has 0 aliphatic carbocycles. The molecule has 0 aromatic heterocycles. The Morgan fingerprint density at radius 1 is 1.30 bits per heavy atom. The maximum atomic E-state index is 4.12. The van der Waals surface area contributed by atoms with Crippen molar-refractivity contribution in [2.45, 2.75) is 0 Å². The Labute approximate surface area is 61.5 Å². The number of hydrogen-bond donors (Lipinski definition) is 0. The van der Waals surface area contributed by atoms with Gasteiger partial charge in [0.25, 0.3) is 0 Å². The number of rotatable bonds is 1. The van der Waals surface area contributed by atoms with E-state index in [9.17, 15) is 0 Å². The first-order chi connectivity index (χ1) is 4.93. The zero-order chi connectivity index (χ0) is 7.23. The Morgan fingerprint density at radius 3 is 2.60 bits per heavy atom. The molecule has 0 radical (unpaired) electrons. The van der Waals surface area contributed by atoms with Gasteiger partial charge in [0.2, 0.25) is 0 Å². The van der Waals surface area contributed by atoms with Gasteiger partial charge in [-0.05, 0) is 0 Å². The second-order valence-electron chi connectivity index (χ2n) is 1.69. The maximum absolute atomic E-state index is 4.12. The summed E-state index contributed by atoms with van der Waals surface area (Å²) in [5.74, 6) is 0. The van der Waals surface area contributed by atoms with Gasteiger partial charge in [0, 0.05) is 0 Å². The van der Waals surface area contributed by atoms with Crippen LogP contribution in [0.5, 0.6) is 0 Å². The average molecular weight is 148 g/mol. The van der Waals surface area contributed by atoms with Gasteiger partial charge in [0.1, 0.15) is 0 Å². The fourth-order valence-corrected chi connectivity index (χ4v) is 0.907. The predicted molar refractivity (Wildman–Crippen MR) is 46.1 cm³/mol. The van der Waals surface area contributed by atoms with Crippen LogP contribution >= 0.6 is 8.00 Å². The van der Waals surface area contributed by atoms with Crippen LogP contribution in [-0.4, -0.2) is 5.45 Å². The summed E-state index contributed by atoms with van der Waals surface area (Å²) in [5, 5.41) is 0. The minimum absolute atomic E-state index is 0.791. The molecule has 0 unspecified atom stereocenters. The van der Waals surface area contributed by atoms with Crippen molar-refractivity contribution in [2.75, 3.05) is 0 Å². The fraction of sp³-hybridized carbons (Fsp3) is 0. The molecule has 1 rings (SSSR count). The normalized spacial score (nSPS) is 8.00. The topological polar surface area (TPSA) is 12.4 Å². The van der Waals surface area contributed by atoms with E-state index in [4.69, 9.17) is 0 Å². The monoisotopic (exact) mass is 148 g/mol. The Bertz CT molecular complexity index is 279. The second kappa shape index (κ2) is 4.00. The van der Waals surface area contributed by atoms with Crippen LogP contribution in [-0.2, 0) is 0 Å². The van der Waals surface area contributed by atoms with E-state index in [0.29, 0.717) is 0 Å². The van der Waals surface area contributed by atoms with Crippen LogP contribution < -0.4 is 0 Å². The molecule has 0 aliphatic heterocycles. The van der Waals surface area contributed by atoms with E-state index in [0.717, 1.165) is 13.7 Å². The molecule has 0 atom stereocenters. The first-order valence-corrected chi connectivity index (χ1v) is 3.76. The van der Waals surface area contributed by atoms with Gasteiger partial charge >= 0.3 is 60.8 Å². The molecule has 48 valence electrons. The first-order valence-electron chi connectivity index (χ1n) is 2.91. The molecule has 0 amide bonds. The zero-order valence-corrected chi connectivity index (χ0v) is 6.38. The molecule has 1 nitrogen and oxygen atoms in total. The standard InChI is InChI=1S/C8H7NP/c1-2-10-9-8-6-4-3-5-7-8/h3-7H,1H2/q+1. The molecular formula is C8H7NP+. The summed E-state index contributed by atoms with van der Waals surface area (Å²) in [4.78, 5) is 0. The molecular weight excluding hydrogens is 141 g/mol.